The number of rotatable bonds is 3. The zero-order chi connectivity index (χ0) is 12.1. The number of piperidine rings is 1. The van der Waals surface area contributed by atoms with Gasteiger partial charge in [-0.25, -0.2) is 0 Å². The number of hydrogen-bond donors (Lipinski definition) is 2. The summed E-state index contributed by atoms with van der Waals surface area (Å²) in [4.78, 5) is 11.9. The minimum Gasteiger partial charge on any atom is -0.351 e. The highest BCUT2D eigenvalue weighted by molar-refractivity contribution is 5.85. The molecule has 1 amide bonds. The maximum Gasteiger partial charge on any atom is 0.237 e. The smallest absolute Gasteiger partial charge is 0.237 e. The third-order valence-corrected chi connectivity index (χ3v) is 3.21. The summed E-state index contributed by atoms with van der Waals surface area (Å²) < 4.78 is 0. The summed E-state index contributed by atoms with van der Waals surface area (Å²) in [5.74, 6) is 0.130. The van der Waals surface area contributed by atoms with Crippen LogP contribution in [0.15, 0.2) is 24.3 Å². The summed E-state index contributed by atoms with van der Waals surface area (Å²) in [6, 6.07) is 8.27. The highest BCUT2D eigenvalue weighted by Gasteiger charge is 2.19. The van der Waals surface area contributed by atoms with E-state index in [1.165, 1.54) is 12.0 Å². The lowest BCUT2D eigenvalue weighted by molar-refractivity contribution is -0.123. The highest BCUT2D eigenvalue weighted by Crippen LogP contribution is 2.07. The van der Waals surface area contributed by atoms with E-state index >= 15 is 0 Å². The van der Waals surface area contributed by atoms with Gasteiger partial charge in [0.1, 0.15) is 0 Å². The van der Waals surface area contributed by atoms with Gasteiger partial charge in [0.15, 0.2) is 0 Å². The number of carbonyl (C=O) groups is 1. The zero-order valence-corrected chi connectivity index (χ0v) is 11.6. The molecule has 1 aromatic rings. The van der Waals surface area contributed by atoms with Crippen molar-refractivity contribution in [2.24, 2.45) is 0 Å². The van der Waals surface area contributed by atoms with E-state index in [-0.39, 0.29) is 24.4 Å². The van der Waals surface area contributed by atoms with Gasteiger partial charge in [-0.05, 0) is 31.9 Å². The van der Waals surface area contributed by atoms with Crippen LogP contribution in [0, 0.1) is 6.92 Å². The first-order valence-electron chi connectivity index (χ1n) is 6.32. The molecule has 1 heterocycles. The Morgan fingerprint density at radius 3 is 2.67 bits per heavy atom. The molecule has 1 saturated heterocycles. The highest BCUT2D eigenvalue weighted by atomic mass is 35.5. The van der Waals surface area contributed by atoms with E-state index in [4.69, 9.17) is 0 Å². The van der Waals surface area contributed by atoms with Crippen LogP contribution in [0.2, 0.25) is 0 Å². The lowest BCUT2D eigenvalue weighted by Crippen LogP contribution is -2.46. The Morgan fingerprint density at radius 2 is 2.06 bits per heavy atom. The van der Waals surface area contributed by atoms with Crippen LogP contribution in [0.4, 0.5) is 0 Å². The van der Waals surface area contributed by atoms with Gasteiger partial charge in [0.25, 0.3) is 0 Å². The van der Waals surface area contributed by atoms with Crippen molar-refractivity contribution in [3.63, 3.8) is 0 Å². The summed E-state index contributed by atoms with van der Waals surface area (Å²) in [6.45, 7) is 3.65. The van der Waals surface area contributed by atoms with Crippen LogP contribution in [-0.2, 0) is 11.3 Å². The molecule has 1 aliphatic heterocycles. The predicted octanol–water partition coefficient (Wildman–Crippen LogP) is 2.18. The summed E-state index contributed by atoms with van der Waals surface area (Å²) in [5.41, 5.74) is 2.40. The van der Waals surface area contributed by atoms with Crippen molar-refractivity contribution in [1.82, 2.24) is 10.6 Å². The lowest BCUT2D eigenvalue weighted by atomic mass is 10.0. The molecular weight excluding hydrogens is 248 g/mol. The predicted molar refractivity (Wildman–Crippen MR) is 75.9 cm³/mol. The molecule has 1 atom stereocenters. The van der Waals surface area contributed by atoms with Crippen LogP contribution >= 0.6 is 12.4 Å². The van der Waals surface area contributed by atoms with Crippen LogP contribution in [0.3, 0.4) is 0 Å². The van der Waals surface area contributed by atoms with E-state index < -0.39 is 0 Å². The van der Waals surface area contributed by atoms with E-state index in [2.05, 4.69) is 41.8 Å². The monoisotopic (exact) mass is 268 g/mol. The summed E-state index contributed by atoms with van der Waals surface area (Å²) in [7, 11) is 0. The third kappa shape index (κ3) is 4.31. The zero-order valence-electron chi connectivity index (χ0n) is 10.7. The summed E-state index contributed by atoms with van der Waals surface area (Å²) >= 11 is 0. The summed E-state index contributed by atoms with van der Waals surface area (Å²) in [6.07, 6.45) is 3.29. The number of halogens is 1. The van der Waals surface area contributed by atoms with Crippen molar-refractivity contribution in [2.75, 3.05) is 6.54 Å². The number of hydrogen-bond acceptors (Lipinski definition) is 2. The Hall–Kier alpha value is -1.06. The van der Waals surface area contributed by atoms with E-state index in [1.807, 2.05) is 0 Å². The fraction of sp³-hybridized carbons (Fsp3) is 0.500. The quantitative estimate of drug-likeness (QED) is 0.882. The van der Waals surface area contributed by atoms with Gasteiger partial charge in [-0.3, -0.25) is 4.79 Å². The molecular formula is C14H21ClN2O. The van der Waals surface area contributed by atoms with Crippen molar-refractivity contribution < 1.29 is 4.79 Å². The molecule has 0 unspecified atom stereocenters. The van der Waals surface area contributed by atoms with E-state index in [0.29, 0.717) is 6.54 Å². The van der Waals surface area contributed by atoms with Gasteiger partial charge in [-0.1, -0.05) is 36.2 Å². The van der Waals surface area contributed by atoms with Crippen molar-refractivity contribution in [1.29, 1.82) is 0 Å². The molecule has 0 radical (unpaired) electrons. The van der Waals surface area contributed by atoms with Gasteiger partial charge in [0.2, 0.25) is 5.91 Å². The Bertz CT molecular complexity index is 372. The molecule has 0 aromatic heterocycles. The second-order valence-corrected chi connectivity index (χ2v) is 4.71. The largest absolute Gasteiger partial charge is 0.351 e. The maximum absolute atomic E-state index is 11.9. The molecule has 0 saturated carbocycles. The van der Waals surface area contributed by atoms with Crippen molar-refractivity contribution in [3.8, 4) is 0 Å². The van der Waals surface area contributed by atoms with Crippen LogP contribution in [0.1, 0.15) is 30.4 Å². The fourth-order valence-electron chi connectivity index (χ4n) is 2.09. The van der Waals surface area contributed by atoms with Gasteiger partial charge >= 0.3 is 0 Å². The molecule has 1 aromatic carbocycles. The number of aryl methyl sites for hydroxylation is 1. The average Bonchev–Trinajstić information content (AvgIpc) is 2.39. The van der Waals surface area contributed by atoms with Crippen molar-refractivity contribution >= 4 is 18.3 Å². The normalized spacial score (nSPS) is 18.8. The van der Waals surface area contributed by atoms with Crippen LogP contribution in [0.25, 0.3) is 0 Å². The summed E-state index contributed by atoms with van der Waals surface area (Å²) in [5, 5.41) is 6.24. The van der Waals surface area contributed by atoms with Crippen LogP contribution in [-0.4, -0.2) is 18.5 Å². The van der Waals surface area contributed by atoms with Gasteiger partial charge in [-0.15, -0.1) is 12.4 Å². The van der Waals surface area contributed by atoms with Gasteiger partial charge in [-0.2, -0.15) is 0 Å². The van der Waals surface area contributed by atoms with Crippen molar-refractivity contribution in [3.05, 3.63) is 35.4 Å². The topological polar surface area (TPSA) is 41.1 Å². The molecule has 2 N–H and O–H groups in total. The second kappa shape index (κ2) is 7.39. The van der Waals surface area contributed by atoms with Gasteiger partial charge in [0, 0.05) is 6.54 Å². The van der Waals surface area contributed by atoms with E-state index in [0.717, 1.165) is 24.9 Å². The molecule has 2 rings (SSSR count). The molecule has 0 aliphatic carbocycles. The van der Waals surface area contributed by atoms with Crippen LogP contribution in [0.5, 0.6) is 0 Å². The molecule has 0 spiro atoms. The van der Waals surface area contributed by atoms with E-state index in [1.54, 1.807) is 0 Å². The first-order chi connectivity index (χ1) is 8.25. The van der Waals surface area contributed by atoms with Gasteiger partial charge < -0.3 is 10.6 Å². The minimum atomic E-state index is 0. The fourth-order valence-corrected chi connectivity index (χ4v) is 2.09. The minimum absolute atomic E-state index is 0. The Labute approximate surface area is 115 Å². The number of benzene rings is 1. The molecule has 3 nitrogen and oxygen atoms in total. The Balaban J connectivity index is 0.00000162. The van der Waals surface area contributed by atoms with Crippen molar-refractivity contribution in [2.45, 2.75) is 38.8 Å². The standard InChI is InChI=1S/C14H20N2O.ClH/c1-11-5-7-12(8-6-11)10-16-14(17)13-4-2-3-9-15-13;/h5-8,13,15H,2-4,9-10H2,1H3,(H,16,17);1H/t13-;/m0./s1. The number of amides is 1. The van der Waals surface area contributed by atoms with E-state index in [9.17, 15) is 4.79 Å². The first kappa shape index (κ1) is 15.0. The molecule has 4 heteroatoms. The first-order valence-corrected chi connectivity index (χ1v) is 6.32. The maximum atomic E-state index is 11.9. The third-order valence-electron chi connectivity index (χ3n) is 3.21. The molecule has 1 aliphatic rings. The molecule has 18 heavy (non-hydrogen) atoms. The molecule has 1 fully saturated rings. The lowest BCUT2D eigenvalue weighted by Gasteiger charge is -2.22. The van der Waals surface area contributed by atoms with Gasteiger partial charge in [0.05, 0.1) is 6.04 Å². The second-order valence-electron chi connectivity index (χ2n) is 4.71. The average molecular weight is 269 g/mol. The Morgan fingerprint density at radius 1 is 1.33 bits per heavy atom. The SMILES string of the molecule is Cc1ccc(CNC(=O)[C@@H]2CCCCN2)cc1.Cl. The molecule has 100 valence electrons. The van der Waals surface area contributed by atoms with Crippen LogP contribution < -0.4 is 10.6 Å². The number of nitrogens with one attached hydrogen (secondary N) is 2. The number of carbonyl (C=O) groups excluding carboxylic acids is 1. The molecule has 0 bridgehead atoms. The Kier molecular flexibility index (Phi) is 6.16.